The van der Waals surface area contributed by atoms with Gasteiger partial charge in [0, 0.05) is 16.3 Å². The second kappa shape index (κ2) is 5.77. The van der Waals surface area contributed by atoms with Crippen LogP contribution in [0.3, 0.4) is 0 Å². The number of nitrogens with zero attached hydrogens (tertiary/aromatic N) is 1. The van der Waals surface area contributed by atoms with Gasteiger partial charge >= 0.3 is 0 Å². The van der Waals surface area contributed by atoms with Crippen molar-refractivity contribution in [2.24, 2.45) is 0 Å². The molecule has 0 atom stereocenters. The summed E-state index contributed by atoms with van der Waals surface area (Å²) >= 11 is 1.72. The van der Waals surface area contributed by atoms with E-state index >= 15 is 0 Å². The van der Waals surface area contributed by atoms with Gasteiger partial charge in [-0.25, -0.2) is 0 Å². The molecular formula is C16H18N2OS. The van der Waals surface area contributed by atoms with Gasteiger partial charge in [0.15, 0.2) is 0 Å². The van der Waals surface area contributed by atoms with Crippen molar-refractivity contribution in [3.05, 3.63) is 42.5 Å². The molecule has 2 aromatic carbocycles. The summed E-state index contributed by atoms with van der Waals surface area (Å²) in [7, 11) is 1.98. The van der Waals surface area contributed by atoms with E-state index < -0.39 is 0 Å². The summed E-state index contributed by atoms with van der Waals surface area (Å²) in [5.74, 6) is 0.325. The highest BCUT2D eigenvalue weighted by Gasteiger charge is 2.22. The van der Waals surface area contributed by atoms with Crippen LogP contribution < -0.4 is 10.2 Å². The molecule has 0 unspecified atom stereocenters. The van der Waals surface area contributed by atoms with Gasteiger partial charge in [-0.1, -0.05) is 23.9 Å². The molecule has 20 heavy (non-hydrogen) atoms. The second-order valence-corrected chi connectivity index (χ2v) is 5.91. The number of nitrogens with one attached hydrogen (secondary N) is 1. The lowest BCUT2D eigenvalue weighted by molar-refractivity contribution is 0.474. The van der Waals surface area contributed by atoms with Crippen molar-refractivity contribution < 1.29 is 5.11 Å². The zero-order chi connectivity index (χ0) is 13.9. The maximum atomic E-state index is 9.69. The molecule has 2 aromatic rings. The van der Waals surface area contributed by atoms with Gasteiger partial charge in [-0.05, 0) is 50.3 Å². The maximum Gasteiger partial charge on any atom is 0.116 e. The van der Waals surface area contributed by atoms with Crippen molar-refractivity contribution in [2.45, 2.75) is 16.2 Å². The molecule has 1 heterocycles. The summed E-state index contributed by atoms with van der Waals surface area (Å²) in [6.07, 6.45) is 1.08. The fraction of sp³-hybridized carbons (Fsp3) is 0.250. The number of phenolic OH excluding ortho intramolecular Hbond substituents is 1. The molecule has 0 saturated heterocycles. The summed E-state index contributed by atoms with van der Waals surface area (Å²) in [5.41, 5.74) is 2.44. The van der Waals surface area contributed by atoms with Crippen LogP contribution in [0.15, 0.2) is 52.3 Å². The molecular weight excluding hydrogens is 268 g/mol. The van der Waals surface area contributed by atoms with E-state index in [2.05, 4.69) is 34.5 Å². The van der Waals surface area contributed by atoms with E-state index in [0.29, 0.717) is 5.75 Å². The Morgan fingerprint density at radius 1 is 1.10 bits per heavy atom. The van der Waals surface area contributed by atoms with E-state index in [1.54, 1.807) is 17.8 Å². The highest BCUT2D eigenvalue weighted by Crippen LogP contribution is 2.48. The predicted molar refractivity (Wildman–Crippen MR) is 84.2 cm³/mol. The van der Waals surface area contributed by atoms with Crippen molar-refractivity contribution in [2.75, 3.05) is 25.0 Å². The first-order valence-electron chi connectivity index (χ1n) is 6.81. The molecule has 3 nitrogen and oxygen atoms in total. The van der Waals surface area contributed by atoms with Gasteiger partial charge < -0.3 is 15.3 Å². The van der Waals surface area contributed by atoms with E-state index in [0.717, 1.165) is 24.4 Å². The van der Waals surface area contributed by atoms with Crippen LogP contribution in [0.2, 0.25) is 0 Å². The molecule has 1 aliphatic rings. The van der Waals surface area contributed by atoms with Gasteiger partial charge in [-0.2, -0.15) is 0 Å². The largest absolute Gasteiger partial charge is 0.508 e. The van der Waals surface area contributed by atoms with Crippen LogP contribution in [0.5, 0.6) is 5.75 Å². The van der Waals surface area contributed by atoms with Crippen LogP contribution in [0.25, 0.3) is 0 Å². The molecule has 3 rings (SSSR count). The molecule has 0 radical (unpaired) electrons. The highest BCUT2D eigenvalue weighted by atomic mass is 32.2. The summed E-state index contributed by atoms with van der Waals surface area (Å²) in [6.45, 7) is 1.97. The van der Waals surface area contributed by atoms with Crippen molar-refractivity contribution in [1.29, 1.82) is 0 Å². The normalized spacial score (nSPS) is 12.9. The minimum atomic E-state index is 0.325. The molecule has 4 heteroatoms. The summed E-state index contributed by atoms with van der Waals surface area (Å²) < 4.78 is 0. The fourth-order valence-electron chi connectivity index (χ4n) is 2.48. The van der Waals surface area contributed by atoms with Crippen LogP contribution in [0.1, 0.15) is 6.42 Å². The van der Waals surface area contributed by atoms with Gasteiger partial charge in [-0.3, -0.25) is 0 Å². The lowest BCUT2D eigenvalue weighted by Crippen LogP contribution is -2.24. The molecule has 0 amide bonds. The molecule has 0 bridgehead atoms. The molecule has 1 aliphatic heterocycles. The van der Waals surface area contributed by atoms with Crippen molar-refractivity contribution in [3.63, 3.8) is 0 Å². The van der Waals surface area contributed by atoms with Crippen LogP contribution in [0.4, 0.5) is 11.4 Å². The zero-order valence-electron chi connectivity index (χ0n) is 11.5. The minimum Gasteiger partial charge on any atom is -0.508 e. The molecule has 0 fully saturated rings. The lowest BCUT2D eigenvalue weighted by atomic mass is 10.2. The molecule has 0 spiro atoms. The Hall–Kier alpha value is -1.65. The topological polar surface area (TPSA) is 35.5 Å². The Bertz CT molecular complexity index is 615. The Labute approximate surface area is 123 Å². The number of rotatable bonds is 4. The first-order valence-corrected chi connectivity index (χ1v) is 7.63. The summed E-state index contributed by atoms with van der Waals surface area (Å²) in [4.78, 5) is 4.71. The van der Waals surface area contributed by atoms with E-state index in [1.165, 1.54) is 16.3 Å². The first kappa shape index (κ1) is 13.3. The van der Waals surface area contributed by atoms with Crippen LogP contribution in [0, 0.1) is 0 Å². The quantitative estimate of drug-likeness (QED) is 0.842. The average Bonchev–Trinajstić information content (AvgIpc) is 2.46. The highest BCUT2D eigenvalue weighted by molar-refractivity contribution is 7.99. The molecule has 2 N–H and O–H groups in total. The number of phenols is 1. The van der Waals surface area contributed by atoms with E-state index in [9.17, 15) is 5.11 Å². The van der Waals surface area contributed by atoms with Gasteiger partial charge in [0.05, 0.1) is 11.4 Å². The van der Waals surface area contributed by atoms with Gasteiger partial charge in [0.1, 0.15) is 5.75 Å². The van der Waals surface area contributed by atoms with E-state index in [-0.39, 0.29) is 0 Å². The number of anilines is 2. The molecule has 0 aliphatic carbocycles. The fourth-order valence-corrected chi connectivity index (χ4v) is 3.61. The standard InChI is InChI=1S/C16H18N2OS/c1-17-9-4-10-18-13-5-2-3-6-15(13)20-16-11-12(19)7-8-14(16)18/h2-3,5-8,11,17,19H,4,9-10H2,1H3. The van der Waals surface area contributed by atoms with Gasteiger partial charge in [-0.15, -0.1) is 0 Å². The number of fused-ring (bicyclic) bond motifs is 2. The third kappa shape index (κ3) is 2.49. The van der Waals surface area contributed by atoms with Crippen molar-refractivity contribution in [1.82, 2.24) is 5.32 Å². The Kier molecular flexibility index (Phi) is 3.85. The number of benzene rings is 2. The molecule has 0 aromatic heterocycles. The van der Waals surface area contributed by atoms with E-state index in [4.69, 9.17) is 0 Å². The number of hydrogen-bond acceptors (Lipinski definition) is 4. The first-order chi connectivity index (χ1) is 9.79. The van der Waals surface area contributed by atoms with E-state index in [1.807, 2.05) is 19.2 Å². The Balaban J connectivity index is 1.99. The van der Waals surface area contributed by atoms with Crippen LogP contribution in [-0.2, 0) is 0 Å². The minimum absolute atomic E-state index is 0.325. The number of para-hydroxylation sites is 1. The second-order valence-electron chi connectivity index (χ2n) is 4.83. The third-order valence-corrected chi connectivity index (χ3v) is 4.53. The lowest BCUT2D eigenvalue weighted by Gasteiger charge is -2.32. The van der Waals surface area contributed by atoms with Crippen molar-refractivity contribution >= 4 is 23.1 Å². The zero-order valence-corrected chi connectivity index (χ0v) is 12.3. The molecule has 0 saturated carbocycles. The Morgan fingerprint density at radius 3 is 2.75 bits per heavy atom. The summed E-state index contributed by atoms with van der Waals surface area (Å²) in [6, 6.07) is 14.1. The smallest absolute Gasteiger partial charge is 0.116 e. The van der Waals surface area contributed by atoms with Crippen LogP contribution in [-0.4, -0.2) is 25.2 Å². The summed E-state index contributed by atoms with van der Waals surface area (Å²) in [5, 5.41) is 12.9. The van der Waals surface area contributed by atoms with Gasteiger partial charge in [0.2, 0.25) is 0 Å². The van der Waals surface area contributed by atoms with Gasteiger partial charge in [0.25, 0.3) is 0 Å². The van der Waals surface area contributed by atoms with Crippen molar-refractivity contribution in [3.8, 4) is 5.75 Å². The van der Waals surface area contributed by atoms with Crippen LogP contribution >= 0.6 is 11.8 Å². The SMILES string of the molecule is CNCCCN1c2ccccc2Sc2cc(O)ccc21. The number of hydrogen-bond donors (Lipinski definition) is 2. The third-order valence-electron chi connectivity index (χ3n) is 3.42. The Morgan fingerprint density at radius 2 is 1.90 bits per heavy atom. The average molecular weight is 286 g/mol. The molecule has 104 valence electrons. The number of aromatic hydroxyl groups is 1. The predicted octanol–water partition coefficient (Wildman–Crippen LogP) is 3.60. The monoisotopic (exact) mass is 286 g/mol. The maximum absolute atomic E-state index is 9.69.